The lowest BCUT2D eigenvalue weighted by Gasteiger charge is -2.51. The Morgan fingerprint density at radius 2 is 1.04 bits per heavy atom. The first-order valence-electron chi connectivity index (χ1n) is 8.93. The molecule has 0 radical (unpaired) electrons. The fourth-order valence-electron chi connectivity index (χ4n) is 3.00. The monoisotopic (exact) mass is 378 g/mol. The Bertz CT molecular complexity index is 639. The number of benzene rings is 2. The highest BCUT2D eigenvalue weighted by Gasteiger charge is 2.66. The Kier molecular flexibility index (Phi) is 7.71. The van der Waals surface area contributed by atoms with Crippen LogP contribution in [0, 0.1) is 13.8 Å². The van der Waals surface area contributed by atoms with E-state index in [4.69, 9.17) is 23.2 Å². The van der Waals surface area contributed by atoms with Gasteiger partial charge in [-0.15, -0.1) is 0 Å². The first-order valence-corrected chi connectivity index (χ1v) is 9.69. The van der Waals surface area contributed by atoms with Gasteiger partial charge in [-0.3, -0.25) is 4.79 Å². The summed E-state index contributed by atoms with van der Waals surface area (Å²) in [5, 5.41) is 0. The topological polar surface area (TPSA) is 17.1 Å². The number of hydrogen-bond donors (Lipinski definition) is 0. The van der Waals surface area contributed by atoms with Crippen molar-refractivity contribution in [3.63, 3.8) is 0 Å². The number of carbonyl (C=O) groups is 1. The average Bonchev–Trinajstić information content (AvgIpc) is 2.64. The van der Waals surface area contributed by atoms with Gasteiger partial charge in [0.05, 0.1) is 5.41 Å². The van der Waals surface area contributed by atoms with Crippen molar-refractivity contribution >= 4 is 29.0 Å². The van der Waals surface area contributed by atoms with Crippen molar-refractivity contribution in [3.8, 4) is 0 Å². The predicted octanol–water partition coefficient (Wildman–Crippen LogP) is 6.79. The van der Waals surface area contributed by atoms with E-state index in [2.05, 4.69) is 0 Å². The SMILES string of the molecule is CC.CC.Cc1ccc(C2(c3ccc(C)cc3)CC(=O)C2(Cl)Cl)cc1. The van der Waals surface area contributed by atoms with Crippen molar-refractivity contribution in [2.45, 2.75) is 57.7 Å². The molecule has 1 aliphatic carbocycles. The van der Waals surface area contributed by atoms with Crippen LogP contribution in [-0.2, 0) is 10.2 Å². The second kappa shape index (κ2) is 8.87. The summed E-state index contributed by atoms with van der Waals surface area (Å²) in [5.74, 6) is -0.119. The Morgan fingerprint density at radius 1 is 0.720 bits per heavy atom. The molecule has 0 aromatic heterocycles. The molecule has 136 valence electrons. The lowest BCUT2D eigenvalue weighted by Crippen LogP contribution is -2.61. The molecule has 0 aliphatic heterocycles. The zero-order chi connectivity index (χ0) is 19.3. The standard InChI is InChI=1S/C18H16Cl2O.2C2H6/c1-12-3-7-14(8-4-12)17(11-16(21)18(17,19)20)15-9-5-13(2)6-10-15;2*1-2/h3-10H,11H2,1-2H3;2*1-2H3. The summed E-state index contributed by atoms with van der Waals surface area (Å²) in [6, 6.07) is 16.2. The molecule has 0 amide bonds. The molecule has 0 atom stereocenters. The van der Waals surface area contributed by atoms with Crippen molar-refractivity contribution < 1.29 is 4.79 Å². The van der Waals surface area contributed by atoms with Crippen LogP contribution < -0.4 is 0 Å². The minimum absolute atomic E-state index is 0.119. The van der Waals surface area contributed by atoms with Crippen LogP contribution in [0.15, 0.2) is 48.5 Å². The maximum atomic E-state index is 12.0. The van der Waals surface area contributed by atoms with Gasteiger partial charge in [0.1, 0.15) is 0 Å². The fraction of sp³-hybridized carbons (Fsp3) is 0.409. The van der Waals surface area contributed by atoms with Crippen molar-refractivity contribution in [2.24, 2.45) is 0 Å². The van der Waals surface area contributed by atoms with E-state index in [1.54, 1.807) is 0 Å². The van der Waals surface area contributed by atoms with Crippen LogP contribution in [0.5, 0.6) is 0 Å². The number of ketones is 1. The minimum Gasteiger partial charge on any atom is -0.296 e. The molecule has 1 fully saturated rings. The van der Waals surface area contributed by atoms with E-state index in [0.29, 0.717) is 6.42 Å². The van der Waals surface area contributed by atoms with Crippen LogP contribution in [-0.4, -0.2) is 10.1 Å². The van der Waals surface area contributed by atoms with Crippen molar-refractivity contribution in [2.75, 3.05) is 0 Å². The van der Waals surface area contributed by atoms with Gasteiger partial charge >= 0.3 is 0 Å². The van der Waals surface area contributed by atoms with Crippen LogP contribution in [0.3, 0.4) is 0 Å². The number of Topliss-reactive ketones (excluding diaryl/α,β-unsaturated/α-hetero) is 1. The molecule has 0 saturated heterocycles. The van der Waals surface area contributed by atoms with Crippen molar-refractivity contribution in [3.05, 3.63) is 70.8 Å². The van der Waals surface area contributed by atoms with Gasteiger partial charge in [0.15, 0.2) is 10.1 Å². The smallest absolute Gasteiger partial charge is 0.189 e. The average molecular weight is 379 g/mol. The van der Waals surface area contributed by atoms with E-state index < -0.39 is 9.75 Å². The summed E-state index contributed by atoms with van der Waals surface area (Å²) in [6.45, 7) is 12.1. The molecule has 1 nitrogen and oxygen atoms in total. The van der Waals surface area contributed by atoms with Gasteiger partial charge in [-0.05, 0) is 25.0 Å². The molecule has 0 N–H and O–H groups in total. The third kappa shape index (κ3) is 3.78. The molecule has 1 aliphatic rings. The predicted molar refractivity (Wildman–Crippen MR) is 110 cm³/mol. The maximum absolute atomic E-state index is 12.0. The highest BCUT2D eigenvalue weighted by molar-refractivity contribution is 6.62. The number of rotatable bonds is 2. The lowest BCUT2D eigenvalue weighted by molar-refractivity contribution is -0.128. The number of aryl methyl sites for hydroxylation is 2. The van der Waals surface area contributed by atoms with E-state index in [0.717, 1.165) is 11.1 Å². The highest BCUT2D eigenvalue weighted by atomic mass is 35.5. The summed E-state index contributed by atoms with van der Waals surface area (Å²) in [4.78, 5) is 12.0. The Morgan fingerprint density at radius 3 is 1.28 bits per heavy atom. The molecular weight excluding hydrogens is 351 g/mol. The van der Waals surface area contributed by atoms with Crippen molar-refractivity contribution in [1.29, 1.82) is 0 Å². The summed E-state index contributed by atoms with van der Waals surface area (Å²) < 4.78 is -1.41. The van der Waals surface area contributed by atoms with E-state index in [1.807, 2.05) is 90.1 Å². The Hall–Kier alpha value is -1.31. The van der Waals surface area contributed by atoms with E-state index in [-0.39, 0.29) is 5.78 Å². The molecule has 2 aromatic carbocycles. The van der Waals surface area contributed by atoms with E-state index in [1.165, 1.54) is 11.1 Å². The van der Waals surface area contributed by atoms with Gasteiger partial charge in [-0.25, -0.2) is 0 Å². The molecule has 1 saturated carbocycles. The molecule has 3 heteroatoms. The van der Waals surface area contributed by atoms with Crippen molar-refractivity contribution in [1.82, 2.24) is 0 Å². The summed E-state index contributed by atoms with van der Waals surface area (Å²) in [5.41, 5.74) is 3.65. The quantitative estimate of drug-likeness (QED) is 0.525. The number of hydrogen-bond acceptors (Lipinski definition) is 1. The van der Waals surface area contributed by atoms with Gasteiger partial charge in [0.25, 0.3) is 0 Å². The Labute approximate surface area is 162 Å². The summed E-state index contributed by atoms with van der Waals surface area (Å²) >= 11 is 12.9. The van der Waals surface area contributed by atoms with E-state index >= 15 is 0 Å². The van der Waals surface area contributed by atoms with Crippen LogP contribution in [0.1, 0.15) is 56.4 Å². The molecule has 3 rings (SSSR count). The van der Waals surface area contributed by atoms with Crippen LogP contribution in [0.25, 0.3) is 0 Å². The van der Waals surface area contributed by atoms with Crippen LogP contribution in [0.2, 0.25) is 0 Å². The summed E-state index contributed by atoms with van der Waals surface area (Å²) in [6.07, 6.45) is 0.339. The zero-order valence-corrected chi connectivity index (χ0v) is 17.5. The van der Waals surface area contributed by atoms with Gasteiger partial charge in [-0.1, -0.05) is 111 Å². The molecular formula is C22H28Cl2O. The first-order chi connectivity index (χ1) is 11.9. The number of carbonyl (C=O) groups excluding carboxylic acids is 1. The number of alkyl halides is 2. The van der Waals surface area contributed by atoms with E-state index in [9.17, 15) is 4.79 Å². The van der Waals surface area contributed by atoms with Gasteiger partial charge in [-0.2, -0.15) is 0 Å². The maximum Gasteiger partial charge on any atom is 0.189 e. The molecule has 2 aromatic rings. The second-order valence-electron chi connectivity index (χ2n) is 5.81. The normalized spacial score (nSPS) is 16.6. The molecule has 0 bridgehead atoms. The number of halogens is 2. The van der Waals surface area contributed by atoms with Gasteiger partial charge in [0, 0.05) is 6.42 Å². The summed E-state index contributed by atoms with van der Waals surface area (Å²) in [7, 11) is 0. The van der Waals surface area contributed by atoms with Gasteiger partial charge in [0.2, 0.25) is 0 Å². The molecule has 0 heterocycles. The third-order valence-corrected chi connectivity index (χ3v) is 5.47. The second-order valence-corrected chi connectivity index (χ2v) is 7.14. The molecule has 0 unspecified atom stereocenters. The molecule has 25 heavy (non-hydrogen) atoms. The fourth-order valence-corrected chi connectivity index (χ4v) is 3.71. The first kappa shape index (κ1) is 21.7. The largest absolute Gasteiger partial charge is 0.296 e. The van der Waals surface area contributed by atoms with Crippen LogP contribution >= 0.6 is 23.2 Å². The van der Waals surface area contributed by atoms with Crippen LogP contribution in [0.4, 0.5) is 0 Å². The Balaban J connectivity index is 0.000000730. The third-order valence-electron chi connectivity index (χ3n) is 4.40. The zero-order valence-electron chi connectivity index (χ0n) is 16.0. The lowest BCUT2D eigenvalue weighted by atomic mass is 9.59. The molecule has 0 spiro atoms. The minimum atomic E-state index is -1.41. The van der Waals surface area contributed by atoms with Gasteiger partial charge < -0.3 is 0 Å². The highest BCUT2D eigenvalue weighted by Crippen LogP contribution is 2.59.